The fourth-order valence-electron chi connectivity index (χ4n) is 3.45. The molecule has 1 aromatic carbocycles. The van der Waals surface area contributed by atoms with Crippen LogP contribution in [-0.2, 0) is 0 Å². The second-order valence-electron chi connectivity index (χ2n) is 9.00. The molecule has 1 saturated carbocycles. The van der Waals surface area contributed by atoms with Gasteiger partial charge >= 0.3 is 0 Å². The third-order valence-corrected chi connectivity index (χ3v) is 5.03. The van der Waals surface area contributed by atoms with E-state index in [1.54, 1.807) is 6.92 Å². The molecule has 1 aliphatic rings. The summed E-state index contributed by atoms with van der Waals surface area (Å²) in [6.07, 6.45) is 4.95. The highest BCUT2D eigenvalue weighted by Gasteiger charge is 2.21. The molecule has 0 radical (unpaired) electrons. The number of hydrogen-bond acceptors (Lipinski definition) is 3. The Morgan fingerprint density at radius 1 is 1.26 bits per heavy atom. The van der Waals surface area contributed by atoms with Gasteiger partial charge in [0.2, 0.25) is 0 Å². The average molecular weight is 373 g/mol. The maximum atomic E-state index is 11.6. The number of ketones is 1. The molecule has 0 spiro atoms. The number of carbonyl (C=O) groups is 1. The minimum atomic E-state index is 0.0646. The first-order chi connectivity index (χ1) is 12.8. The van der Waals surface area contributed by atoms with Crippen LogP contribution in [0.1, 0.15) is 63.7 Å². The molecule has 0 amide bonds. The number of guanidine groups is 1. The first kappa shape index (κ1) is 21.4. The summed E-state index contributed by atoms with van der Waals surface area (Å²) >= 11 is 0. The molecule has 150 valence electrons. The van der Waals surface area contributed by atoms with E-state index in [-0.39, 0.29) is 11.2 Å². The number of aliphatic imine (C=N–C) groups is 1. The lowest BCUT2D eigenvalue weighted by Gasteiger charge is -2.29. The van der Waals surface area contributed by atoms with Gasteiger partial charge in [-0.15, -0.1) is 0 Å². The predicted molar refractivity (Wildman–Crippen MR) is 114 cm³/mol. The van der Waals surface area contributed by atoms with Crippen molar-refractivity contribution in [1.82, 2.24) is 5.32 Å². The lowest BCUT2D eigenvalue weighted by Crippen LogP contribution is -2.37. The summed E-state index contributed by atoms with van der Waals surface area (Å²) in [5.41, 5.74) is 7.57. The zero-order chi connectivity index (χ0) is 19.9. The maximum Gasteiger partial charge on any atom is 0.195 e. The van der Waals surface area contributed by atoms with Crippen LogP contribution in [-0.4, -0.2) is 31.4 Å². The smallest absolute Gasteiger partial charge is 0.195 e. The summed E-state index contributed by atoms with van der Waals surface area (Å²) in [7, 11) is 0. The second kappa shape index (κ2) is 9.88. The van der Waals surface area contributed by atoms with Crippen molar-refractivity contribution in [2.45, 2.75) is 53.4 Å². The van der Waals surface area contributed by atoms with Crippen molar-refractivity contribution in [2.75, 3.05) is 25.0 Å². The molecule has 2 atom stereocenters. The molecule has 0 aliphatic heterocycles. The molecule has 1 aromatic rings. The van der Waals surface area contributed by atoms with E-state index in [0.29, 0.717) is 17.4 Å². The predicted octanol–water partition coefficient (Wildman–Crippen LogP) is 4.06. The fraction of sp³-hybridized carbons (Fsp3) is 0.636. The SMILES string of the molecule is CC(=O)c1cccc(NC(=NCC(C)(C)C)NCC2CCCC(CN)C2)c1. The summed E-state index contributed by atoms with van der Waals surface area (Å²) in [5, 5.41) is 6.89. The molecule has 5 heteroatoms. The van der Waals surface area contributed by atoms with Crippen molar-refractivity contribution in [2.24, 2.45) is 28.0 Å². The molecular weight excluding hydrogens is 336 g/mol. The van der Waals surface area contributed by atoms with Gasteiger partial charge in [-0.3, -0.25) is 9.79 Å². The van der Waals surface area contributed by atoms with Gasteiger partial charge in [-0.05, 0) is 62.1 Å². The zero-order valence-electron chi connectivity index (χ0n) is 17.3. The summed E-state index contributed by atoms with van der Waals surface area (Å²) in [5.74, 6) is 2.13. The lowest BCUT2D eigenvalue weighted by atomic mass is 9.81. The van der Waals surface area contributed by atoms with E-state index in [2.05, 4.69) is 31.4 Å². The van der Waals surface area contributed by atoms with Crippen molar-refractivity contribution in [3.05, 3.63) is 29.8 Å². The molecule has 0 bridgehead atoms. The first-order valence-corrected chi connectivity index (χ1v) is 10.1. The van der Waals surface area contributed by atoms with Crippen LogP contribution in [0.25, 0.3) is 0 Å². The summed E-state index contributed by atoms with van der Waals surface area (Å²) in [6, 6.07) is 7.57. The highest BCUT2D eigenvalue weighted by Crippen LogP contribution is 2.27. The average Bonchev–Trinajstić information content (AvgIpc) is 2.63. The van der Waals surface area contributed by atoms with Crippen LogP contribution < -0.4 is 16.4 Å². The van der Waals surface area contributed by atoms with Crippen LogP contribution >= 0.6 is 0 Å². The van der Waals surface area contributed by atoms with E-state index in [1.165, 1.54) is 25.7 Å². The van der Waals surface area contributed by atoms with E-state index in [9.17, 15) is 4.79 Å². The van der Waals surface area contributed by atoms with Crippen LogP contribution in [0.4, 0.5) is 5.69 Å². The molecule has 5 nitrogen and oxygen atoms in total. The van der Waals surface area contributed by atoms with Gasteiger partial charge < -0.3 is 16.4 Å². The minimum Gasteiger partial charge on any atom is -0.356 e. The van der Waals surface area contributed by atoms with E-state index in [0.717, 1.165) is 31.3 Å². The van der Waals surface area contributed by atoms with E-state index in [4.69, 9.17) is 10.7 Å². The second-order valence-corrected chi connectivity index (χ2v) is 9.00. The van der Waals surface area contributed by atoms with E-state index < -0.39 is 0 Å². The van der Waals surface area contributed by atoms with E-state index in [1.807, 2.05) is 24.3 Å². The minimum absolute atomic E-state index is 0.0646. The highest BCUT2D eigenvalue weighted by atomic mass is 16.1. The number of Topliss-reactive ketones (excluding diaryl/α,β-unsaturated/α-hetero) is 1. The van der Waals surface area contributed by atoms with E-state index >= 15 is 0 Å². The van der Waals surface area contributed by atoms with Crippen molar-refractivity contribution in [1.29, 1.82) is 0 Å². The van der Waals surface area contributed by atoms with Crippen molar-refractivity contribution < 1.29 is 4.79 Å². The van der Waals surface area contributed by atoms with Crippen LogP contribution in [0.5, 0.6) is 0 Å². The third kappa shape index (κ3) is 7.71. The van der Waals surface area contributed by atoms with Gasteiger partial charge in [0.05, 0.1) is 0 Å². The summed E-state index contributed by atoms with van der Waals surface area (Å²) < 4.78 is 0. The number of nitrogens with one attached hydrogen (secondary N) is 2. The summed E-state index contributed by atoms with van der Waals surface area (Å²) in [4.78, 5) is 16.4. The van der Waals surface area contributed by atoms with Crippen molar-refractivity contribution in [3.63, 3.8) is 0 Å². The Bertz CT molecular complexity index is 648. The topological polar surface area (TPSA) is 79.5 Å². The largest absolute Gasteiger partial charge is 0.356 e. The Hall–Kier alpha value is -1.88. The van der Waals surface area contributed by atoms with Crippen LogP contribution in [0.15, 0.2) is 29.3 Å². The van der Waals surface area contributed by atoms with Gasteiger partial charge in [-0.1, -0.05) is 39.3 Å². The monoisotopic (exact) mass is 372 g/mol. The van der Waals surface area contributed by atoms with Gasteiger partial charge in [-0.25, -0.2) is 0 Å². The van der Waals surface area contributed by atoms with Gasteiger partial charge in [0.25, 0.3) is 0 Å². The molecule has 4 N–H and O–H groups in total. The Morgan fingerprint density at radius 3 is 2.67 bits per heavy atom. The molecular formula is C22H36N4O. The standard InChI is InChI=1S/C22H36N4O/c1-16(27)19-9-6-10-20(12-19)26-21(25-15-22(2,3)4)24-14-18-8-5-7-17(11-18)13-23/h6,9-10,12,17-18H,5,7-8,11,13-15,23H2,1-4H3,(H2,24,25,26). The quantitative estimate of drug-likeness (QED) is 0.400. The molecule has 1 fully saturated rings. The number of rotatable bonds is 6. The van der Waals surface area contributed by atoms with Gasteiger partial charge in [0, 0.05) is 24.3 Å². The van der Waals surface area contributed by atoms with Crippen LogP contribution in [0.3, 0.4) is 0 Å². The molecule has 0 aromatic heterocycles. The van der Waals surface area contributed by atoms with Gasteiger partial charge in [-0.2, -0.15) is 0 Å². The number of benzene rings is 1. The molecule has 0 saturated heterocycles. The number of carbonyl (C=O) groups excluding carboxylic acids is 1. The van der Waals surface area contributed by atoms with Crippen LogP contribution in [0, 0.1) is 17.3 Å². The number of hydrogen-bond donors (Lipinski definition) is 3. The zero-order valence-corrected chi connectivity index (χ0v) is 17.3. The molecule has 2 rings (SSSR count). The Morgan fingerprint density at radius 2 is 2.00 bits per heavy atom. The summed E-state index contributed by atoms with van der Waals surface area (Å²) in [6.45, 7) is 10.5. The normalized spacial score (nSPS) is 21.0. The van der Waals surface area contributed by atoms with Gasteiger partial charge in [0.15, 0.2) is 11.7 Å². The third-order valence-electron chi connectivity index (χ3n) is 5.03. The van der Waals surface area contributed by atoms with Crippen LogP contribution in [0.2, 0.25) is 0 Å². The molecule has 2 unspecified atom stereocenters. The van der Waals surface area contributed by atoms with Crippen molar-refractivity contribution in [3.8, 4) is 0 Å². The number of nitrogens with zero attached hydrogens (tertiary/aromatic N) is 1. The molecule has 27 heavy (non-hydrogen) atoms. The molecule has 1 aliphatic carbocycles. The maximum absolute atomic E-state index is 11.6. The Kier molecular flexibility index (Phi) is 7.84. The Balaban J connectivity index is 2.05. The molecule has 0 heterocycles. The first-order valence-electron chi connectivity index (χ1n) is 10.1. The van der Waals surface area contributed by atoms with Crippen molar-refractivity contribution >= 4 is 17.4 Å². The fourth-order valence-corrected chi connectivity index (χ4v) is 3.45. The Labute approximate surface area is 164 Å². The highest BCUT2D eigenvalue weighted by molar-refractivity contribution is 5.98. The lowest BCUT2D eigenvalue weighted by molar-refractivity contribution is 0.101. The number of nitrogens with two attached hydrogens (primary N) is 1. The van der Waals surface area contributed by atoms with Gasteiger partial charge in [0.1, 0.15) is 0 Å². The number of anilines is 1.